The summed E-state index contributed by atoms with van der Waals surface area (Å²) in [5.41, 5.74) is 0.545. The first-order chi connectivity index (χ1) is 9.72. The molecule has 2 N–H and O–H groups in total. The van der Waals surface area contributed by atoms with Gasteiger partial charge >= 0.3 is 0 Å². The first kappa shape index (κ1) is 13.5. The highest BCUT2D eigenvalue weighted by Crippen LogP contribution is 2.32. The molecule has 1 amide bonds. The molecular formula is C15H20FN3O. The van der Waals surface area contributed by atoms with E-state index in [1.807, 2.05) is 0 Å². The van der Waals surface area contributed by atoms with Gasteiger partial charge in [0.1, 0.15) is 0 Å². The fourth-order valence-corrected chi connectivity index (χ4v) is 3.38. The molecule has 3 atom stereocenters. The lowest BCUT2D eigenvalue weighted by molar-refractivity contribution is -0.119. The lowest BCUT2D eigenvalue weighted by atomic mass is 9.77. The minimum atomic E-state index is -0.538. The minimum Gasteiger partial charge on any atom is -0.323 e. The maximum absolute atomic E-state index is 12.7. The summed E-state index contributed by atoms with van der Waals surface area (Å²) in [6, 6.07) is 3.13. The molecule has 0 bridgehead atoms. The van der Waals surface area contributed by atoms with E-state index in [4.69, 9.17) is 0 Å². The van der Waals surface area contributed by atoms with Crippen molar-refractivity contribution in [3.63, 3.8) is 0 Å². The van der Waals surface area contributed by atoms with Crippen molar-refractivity contribution in [3.8, 4) is 0 Å². The molecule has 3 unspecified atom stereocenters. The molecule has 2 fully saturated rings. The molecule has 5 heteroatoms. The Morgan fingerprint density at radius 2 is 2.10 bits per heavy atom. The third-order valence-corrected chi connectivity index (χ3v) is 4.46. The number of anilines is 1. The lowest BCUT2D eigenvalue weighted by Crippen LogP contribution is -2.53. The van der Waals surface area contributed by atoms with Gasteiger partial charge in [0.25, 0.3) is 0 Å². The van der Waals surface area contributed by atoms with Crippen LogP contribution in [0.2, 0.25) is 0 Å². The van der Waals surface area contributed by atoms with Crippen LogP contribution >= 0.6 is 0 Å². The molecule has 0 spiro atoms. The number of amides is 1. The molecule has 0 aromatic carbocycles. The molecule has 1 aromatic heterocycles. The van der Waals surface area contributed by atoms with Crippen LogP contribution in [0.1, 0.15) is 38.5 Å². The number of hydrogen-bond donors (Lipinski definition) is 2. The largest absolute Gasteiger partial charge is 0.323 e. The third kappa shape index (κ3) is 2.98. The number of nitrogens with one attached hydrogen (secondary N) is 2. The van der Waals surface area contributed by atoms with Crippen LogP contribution in [0.4, 0.5) is 10.1 Å². The third-order valence-electron chi connectivity index (χ3n) is 4.46. The predicted octanol–water partition coefficient (Wildman–Crippen LogP) is 2.47. The van der Waals surface area contributed by atoms with Crippen molar-refractivity contribution in [1.29, 1.82) is 0 Å². The highest BCUT2D eigenvalue weighted by atomic mass is 19.1. The number of halogens is 1. The van der Waals surface area contributed by atoms with E-state index in [2.05, 4.69) is 15.6 Å². The highest BCUT2D eigenvalue weighted by Gasteiger charge is 2.34. The molecule has 1 aliphatic heterocycles. The summed E-state index contributed by atoms with van der Waals surface area (Å²) in [6.07, 6.45) is 8.38. The van der Waals surface area contributed by atoms with E-state index >= 15 is 0 Å². The van der Waals surface area contributed by atoms with Crippen LogP contribution in [0, 0.1) is 11.9 Å². The van der Waals surface area contributed by atoms with Crippen LogP contribution in [0.5, 0.6) is 0 Å². The number of carbonyl (C=O) groups is 1. The van der Waals surface area contributed by atoms with Gasteiger partial charge in [-0.15, -0.1) is 0 Å². The number of pyridine rings is 1. The minimum absolute atomic E-state index is 0.0394. The van der Waals surface area contributed by atoms with Crippen LogP contribution in [0.3, 0.4) is 0 Å². The van der Waals surface area contributed by atoms with Crippen LogP contribution in [0.25, 0.3) is 0 Å². The average Bonchev–Trinajstić information content (AvgIpc) is 2.49. The molecule has 1 aliphatic carbocycles. The van der Waals surface area contributed by atoms with E-state index < -0.39 is 5.95 Å². The fraction of sp³-hybridized carbons (Fsp3) is 0.600. The Labute approximate surface area is 118 Å². The first-order valence-electron chi connectivity index (χ1n) is 7.41. The van der Waals surface area contributed by atoms with Gasteiger partial charge in [-0.05, 0) is 43.7 Å². The van der Waals surface area contributed by atoms with Gasteiger partial charge in [0.05, 0.1) is 17.9 Å². The summed E-state index contributed by atoms with van der Waals surface area (Å²) in [5, 5.41) is 6.28. The Hall–Kier alpha value is -1.49. The number of aromatic nitrogens is 1. The molecule has 3 rings (SSSR count). The van der Waals surface area contributed by atoms with Crippen molar-refractivity contribution in [3.05, 3.63) is 24.3 Å². The van der Waals surface area contributed by atoms with Gasteiger partial charge in [-0.3, -0.25) is 4.79 Å². The van der Waals surface area contributed by atoms with Gasteiger partial charge in [-0.2, -0.15) is 4.39 Å². The highest BCUT2D eigenvalue weighted by molar-refractivity contribution is 5.94. The van der Waals surface area contributed by atoms with E-state index in [9.17, 15) is 9.18 Å². The maximum atomic E-state index is 12.7. The predicted molar refractivity (Wildman–Crippen MR) is 74.7 cm³/mol. The number of nitrogens with zero attached hydrogens (tertiary/aromatic N) is 1. The topological polar surface area (TPSA) is 54.0 Å². The molecule has 20 heavy (non-hydrogen) atoms. The van der Waals surface area contributed by atoms with E-state index in [-0.39, 0.29) is 11.9 Å². The summed E-state index contributed by atoms with van der Waals surface area (Å²) in [4.78, 5) is 15.8. The standard InChI is InChI=1S/C15H20FN3O/c16-14-8-6-11(9-17-14)18-15(20)13-7-5-10-3-1-2-4-12(10)19-13/h6,8-10,12-13,19H,1-5,7H2,(H,18,20). The Balaban J connectivity index is 1.58. The second kappa shape index (κ2) is 5.87. The van der Waals surface area contributed by atoms with Gasteiger partial charge in [0.15, 0.2) is 0 Å². The summed E-state index contributed by atoms with van der Waals surface area (Å²) in [5.74, 6) is 0.159. The van der Waals surface area contributed by atoms with Crippen LogP contribution in [-0.2, 0) is 4.79 Å². The zero-order valence-electron chi connectivity index (χ0n) is 11.4. The maximum Gasteiger partial charge on any atom is 0.241 e. The van der Waals surface area contributed by atoms with Gasteiger partial charge in [0.2, 0.25) is 11.9 Å². The van der Waals surface area contributed by atoms with Gasteiger partial charge in [-0.25, -0.2) is 4.98 Å². The smallest absolute Gasteiger partial charge is 0.241 e. The summed E-state index contributed by atoms with van der Waals surface area (Å²) in [7, 11) is 0. The number of carbonyl (C=O) groups excluding carboxylic acids is 1. The van der Waals surface area contributed by atoms with Crippen molar-refractivity contribution >= 4 is 11.6 Å². The van der Waals surface area contributed by atoms with Gasteiger partial charge in [0, 0.05) is 6.04 Å². The summed E-state index contributed by atoms with van der Waals surface area (Å²) < 4.78 is 12.7. The lowest BCUT2D eigenvalue weighted by Gasteiger charge is -2.39. The van der Waals surface area contributed by atoms with E-state index in [0.717, 1.165) is 18.8 Å². The zero-order valence-corrected chi connectivity index (χ0v) is 11.4. The van der Waals surface area contributed by atoms with Crippen LogP contribution < -0.4 is 10.6 Å². The van der Waals surface area contributed by atoms with Crippen molar-refractivity contribution in [2.45, 2.75) is 50.6 Å². The Morgan fingerprint density at radius 3 is 2.90 bits per heavy atom. The van der Waals surface area contributed by atoms with Crippen molar-refractivity contribution in [2.24, 2.45) is 5.92 Å². The van der Waals surface area contributed by atoms with Gasteiger partial charge < -0.3 is 10.6 Å². The number of rotatable bonds is 2. The van der Waals surface area contributed by atoms with Gasteiger partial charge in [-0.1, -0.05) is 12.8 Å². The monoisotopic (exact) mass is 277 g/mol. The Kier molecular flexibility index (Phi) is 3.96. The molecular weight excluding hydrogens is 257 g/mol. The Bertz CT molecular complexity index is 477. The quantitative estimate of drug-likeness (QED) is 0.817. The number of hydrogen-bond acceptors (Lipinski definition) is 3. The van der Waals surface area contributed by atoms with Crippen molar-refractivity contribution < 1.29 is 9.18 Å². The second-order valence-electron chi connectivity index (χ2n) is 5.81. The van der Waals surface area contributed by atoms with Crippen LogP contribution in [-0.4, -0.2) is 23.0 Å². The molecule has 108 valence electrons. The summed E-state index contributed by atoms with van der Waals surface area (Å²) in [6.45, 7) is 0. The Morgan fingerprint density at radius 1 is 1.25 bits per heavy atom. The molecule has 1 aromatic rings. The number of piperidine rings is 1. The zero-order chi connectivity index (χ0) is 13.9. The average molecular weight is 277 g/mol. The first-order valence-corrected chi connectivity index (χ1v) is 7.41. The van der Waals surface area contributed by atoms with E-state index in [1.54, 1.807) is 0 Å². The normalized spacial score (nSPS) is 29.6. The van der Waals surface area contributed by atoms with Crippen molar-refractivity contribution in [1.82, 2.24) is 10.3 Å². The molecule has 2 aliphatic rings. The summed E-state index contributed by atoms with van der Waals surface area (Å²) >= 11 is 0. The molecule has 4 nitrogen and oxygen atoms in total. The van der Waals surface area contributed by atoms with Crippen LogP contribution in [0.15, 0.2) is 18.3 Å². The molecule has 1 saturated carbocycles. The molecule has 2 heterocycles. The number of fused-ring (bicyclic) bond motifs is 1. The fourth-order valence-electron chi connectivity index (χ4n) is 3.38. The SMILES string of the molecule is O=C(Nc1ccc(F)nc1)C1CCC2CCCCC2N1. The molecule has 0 radical (unpaired) electrons. The second-order valence-corrected chi connectivity index (χ2v) is 5.81. The van der Waals surface area contributed by atoms with E-state index in [0.29, 0.717) is 11.7 Å². The van der Waals surface area contributed by atoms with Crippen molar-refractivity contribution in [2.75, 3.05) is 5.32 Å². The van der Waals surface area contributed by atoms with E-state index in [1.165, 1.54) is 44.0 Å². The molecule has 1 saturated heterocycles.